The fourth-order valence-corrected chi connectivity index (χ4v) is 0. The summed E-state index contributed by atoms with van der Waals surface area (Å²) in [6, 6.07) is 0. The minimum atomic E-state index is -0.500. The molecule has 0 saturated heterocycles. The molecule has 0 unspecified atom stereocenters. The van der Waals surface area contributed by atoms with Crippen LogP contribution in [0.4, 0.5) is 0 Å². The van der Waals surface area contributed by atoms with Gasteiger partial charge in [-0.2, -0.15) is 0 Å². The molecule has 0 atom stereocenters. The molecule has 0 aliphatic heterocycles. The number of hydrogen-bond donors (Lipinski definition) is 0. The summed E-state index contributed by atoms with van der Waals surface area (Å²) in [4.78, 5) is 8.25. The van der Waals surface area contributed by atoms with E-state index in [9.17, 15) is 0 Å². The van der Waals surface area contributed by atoms with Crippen LogP contribution in [0, 0.1) is 0 Å². The van der Waals surface area contributed by atoms with E-state index in [1.54, 1.807) is 0 Å². The van der Waals surface area contributed by atoms with Gasteiger partial charge in [-0.3, -0.25) is 0 Å². The third kappa shape index (κ3) is 12.4. The fraction of sp³-hybridized carbons (Fsp3) is 0. The van der Waals surface area contributed by atoms with Crippen LogP contribution < -0.4 is 5.11 Å². The van der Waals surface area contributed by atoms with Gasteiger partial charge in [0.1, 0.15) is 0 Å². The Bertz CT molecular complexity index is 13.5. The van der Waals surface area contributed by atoms with Gasteiger partial charge in [-0.05, 0) is 0 Å². The maximum atomic E-state index is 8.25. The van der Waals surface area contributed by atoms with Gasteiger partial charge in [-0.15, -0.1) is 0 Å². The maximum absolute atomic E-state index is 8.25. The van der Waals surface area contributed by atoms with Gasteiger partial charge in [0.2, 0.25) is 0 Å². The molecule has 0 fully saturated rings. The molecule has 0 radical (unpaired) electrons. The number of hydrogen-bond acceptors (Lipinski definition) is 2. The second-order valence-corrected chi connectivity index (χ2v) is 0.0962. The standard InChI is InChI=1S/CH2O2.Sr/c2-1-3;/h1H,(H,2,3);/q;+2/p-1. The van der Waals surface area contributed by atoms with Crippen molar-refractivity contribution in [2.45, 2.75) is 0 Å². The van der Waals surface area contributed by atoms with E-state index in [1.165, 1.54) is 0 Å². The zero-order chi connectivity index (χ0) is 2.71. The zero-order valence-electron chi connectivity index (χ0n) is 2.10. The number of carboxylic acid groups (broad SMARTS) is 1. The van der Waals surface area contributed by atoms with Gasteiger partial charge < -0.3 is 9.90 Å². The molecule has 0 spiro atoms. The second-order valence-electron chi connectivity index (χ2n) is 0.0962. The van der Waals surface area contributed by atoms with Gasteiger partial charge >= 0.3 is 45.5 Å². The Morgan fingerprint density at radius 2 is 1.75 bits per heavy atom. The molecular weight excluding hydrogens is 132 g/mol. The second kappa shape index (κ2) is 9.04. The van der Waals surface area contributed by atoms with E-state index in [0.717, 1.165) is 0 Å². The summed E-state index contributed by atoms with van der Waals surface area (Å²) in [5.41, 5.74) is 0. The van der Waals surface area contributed by atoms with E-state index in [0.29, 0.717) is 0 Å². The van der Waals surface area contributed by atoms with Crippen molar-refractivity contribution in [3.8, 4) is 0 Å². The Balaban J connectivity index is 0. The molecule has 2 nitrogen and oxygen atoms in total. The van der Waals surface area contributed by atoms with Crippen LogP contribution in [0.2, 0.25) is 0 Å². The van der Waals surface area contributed by atoms with Gasteiger partial charge in [-0.25, -0.2) is 0 Å². The van der Waals surface area contributed by atoms with Crippen LogP contribution in [0.5, 0.6) is 0 Å². The van der Waals surface area contributed by atoms with E-state index in [1.807, 2.05) is 0 Å². The Morgan fingerprint density at radius 3 is 1.75 bits per heavy atom. The molecule has 0 bridgehead atoms. The van der Waals surface area contributed by atoms with E-state index in [2.05, 4.69) is 0 Å². The molecule has 3 heteroatoms. The molecule has 4 heavy (non-hydrogen) atoms. The summed E-state index contributed by atoms with van der Waals surface area (Å²) in [5, 5.41) is 8.25. The fourth-order valence-electron chi connectivity index (χ4n) is 0. The van der Waals surface area contributed by atoms with Gasteiger partial charge in [0.25, 0.3) is 0 Å². The summed E-state index contributed by atoms with van der Waals surface area (Å²) >= 11 is 0. The molecule has 18 valence electrons. The molecule has 0 rings (SSSR count). The summed E-state index contributed by atoms with van der Waals surface area (Å²) in [5.74, 6) is 0. The molecule has 0 aromatic rings. The quantitative estimate of drug-likeness (QED) is 0.282. The van der Waals surface area contributed by atoms with Crippen LogP contribution in [-0.4, -0.2) is 52.0 Å². The van der Waals surface area contributed by atoms with Crippen molar-refractivity contribution in [2.24, 2.45) is 0 Å². The van der Waals surface area contributed by atoms with Crippen LogP contribution in [0.15, 0.2) is 0 Å². The molecule has 0 aliphatic carbocycles. The number of rotatable bonds is 0. The summed E-state index contributed by atoms with van der Waals surface area (Å²) < 4.78 is 0. The average Bonchev–Trinajstić information content (AvgIpc) is 0.918. The van der Waals surface area contributed by atoms with Crippen molar-refractivity contribution in [3.05, 3.63) is 0 Å². The van der Waals surface area contributed by atoms with Crippen LogP contribution in [0.1, 0.15) is 0 Å². The molecule has 0 N–H and O–H groups in total. The van der Waals surface area contributed by atoms with Crippen molar-refractivity contribution >= 4 is 52.0 Å². The Kier molecular flexibility index (Phi) is 20.1. The van der Waals surface area contributed by atoms with Crippen molar-refractivity contribution in [2.75, 3.05) is 0 Å². The Labute approximate surface area is 61.1 Å². The van der Waals surface area contributed by atoms with Crippen molar-refractivity contribution in [3.63, 3.8) is 0 Å². The van der Waals surface area contributed by atoms with Crippen LogP contribution >= 0.6 is 0 Å². The summed E-state index contributed by atoms with van der Waals surface area (Å²) in [7, 11) is 0. The first-order chi connectivity index (χ1) is 1.41. The largest absolute Gasteiger partial charge is 2.00 e. The van der Waals surface area contributed by atoms with E-state index >= 15 is 0 Å². The molecule has 0 heterocycles. The first-order valence-corrected chi connectivity index (χ1v) is 0.471. The summed E-state index contributed by atoms with van der Waals surface area (Å²) in [6.07, 6.45) is 0. The minimum Gasteiger partial charge on any atom is -0.554 e. The molecule has 0 aliphatic rings. The molecule has 0 aromatic heterocycles. The molecule has 0 amide bonds. The summed E-state index contributed by atoms with van der Waals surface area (Å²) in [6.45, 7) is -0.500. The smallest absolute Gasteiger partial charge is 0.554 e. The van der Waals surface area contributed by atoms with Gasteiger partial charge in [-0.1, -0.05) is 0 Å². The van der Waals surface area contributed by atoms with E-state index < -0.39 is 6.47 Å². The van der Waals surface area contributed by atoms with Crippen LogP contribution in [0.25, 0.3) is 0 Å². The predicted octanol–water partition coefficient (Wildman–Crippen LogP) is -2.01. The molecular formula is CHO2Sr+. The normalized spacial score (nSPS) is 3.00. The van der Waals surface area contributed by atoms with Gasteiger partial charge in [0.15, 0.2) is 0 Å². The molecule has 0 aromatic carbocycles. The SMILES string of the molecule is O=C[O-].[Sr+2]. The monoisotopic (exact) mass is 133 g/mol. The third-order valence-corrected chi connectivity index (χ3v) is 0. The van der Waals surface area contributed by atoms with Gasteiger partial charge in [0, 0.05) is 6.47 Å². The van der Waals surface area contributed by atoms with Crippen LogP contribution in [-0.2, 0) is 4.79 Å². The Hall–Kier alpha value is 0.951. The van der Waals surface area contributed by atoms with Gasteiger partial charge in [0.05, 0.1) is 0 Å². The topological polar surface area (TPSA) is 40.1 Å². The maximum Gasteiger partial charge on any atom is 2.00 e. The zero-order valence-corrected chi connectivity index (χ0v) is 5.58. The van der Waals surface area contributed by atoms with Crippen molar-refractivity contribution in [1.29, 1.82) is 0 Å². The minimum absolute atomic E-state index is 0. The van der Waals surface area contributed by atoms with Crippen molar-refractivity contribution in [1.82, 2.24) is 0 Å². The number of carbonyl (C=O) groups excluding carboxylic acids is 1. The van der Waals surface area contributed by atoms with Crippen LogP contribution in [0.3, 0.4) is 0 Å². The first-order valence-electron chi connectivity index (χ1n) is 0.471. The Morgan fingerprint density at radius 1 is 1.75 bits per heavy atom. The van der Waals surface area contributed by atoms with Crippen molar-refractivity contribution < 1.29 is 9.90 Å². The number of carbonyl (C=O) groups is 1. The molecule has 0 saturated carbocycles. The van der Waals surface area contributed by atoms with E-state index in [-0.39, 0.29) is 45.5 Å². The van der Waals surface area contributed by atoms with E-state index in [4.69, 9.17) is 9.90 Å². The average molecular weight is 133 g/mol. The first kappa shape index (κ1) is 8.87. The predicted molar refractivity (Wildman–Crippen MR) is 11.8 cm³/mol. The third-order valence-electron chi connectivity index (χ3n) is 0.